The summed E-state index contributed by atoms with van der Waals surface area (Å²) in [6, 6.07) is 3.18. The molecule has 1 fully saturated rings. The predicted molar refractivity (Wildman–Crippen MR) is 80.3 cm³/mol. The Morgan fingerprint density at radius 3 is 3.00 bits per heavy atom. The average molecular weight is 293 g/mol. The number of carbonyl (C=O) groups is 1. The van der Waals surface area contributed by atoms with Crippen molar-refractivity contribution in [2.45, 2.75) is 25.3 Å². The Morgan fingerprint density at radius 1 is 1.48 bits per heavy atom. The number of hydrogen-bond acceptors (Lipinski definition) is 4. The molecule has 6 heteroatoms. The van der Waals surface area contributed by atoms with Gasteiger partial charge in [0, 0.05) is 44.0 Å². The van der Waals surface area contributed by atoms with Crippen LogP contribution < -0.4 is 10.9 Å². The van der Waals surface area contributed by atoms with Crippen molar-refractivity contribution in [3.8, 4) is 0 Å². The summed E-state index contributed by atoms with van der Waals surface area (Å²) in [5.74, 6) is -0.231. The van der Waals surface area contributed by atoms with Gasteiger partial charge in [-0.2, -0.15) is 0 Å². The van der Waals surface area contributed by atoms with Crippen molar-refractivity contribution in [3.05, 3.63) is 34.2 Å². The van der Waals surface area contributed by atoms with Gasteiger partial charge in [0.2, 0.25) is 0 Å². The van der Waals surface area contributed by atoms with Crippen molar-refractivity contribution in [1.82, 2.24) is 14.8 Å². The fourth-order valence-electron chi connectivity index (χ4n) is 2.67. The maximum Gasteiger partial charge on any atom is 0.251 e. The first-order chi connectivity index (χ1) is 10.1. The van der Waals surface area contributed by atoms with Crippen LogP contribution in [-0.2, 0) is 7.05 Å². The smallest absolute Gasteiger partial charge is 0.251 e. The number of amides is 1. The highest BCUT2D eigenvalue weighted by Gasteiger charge is 2.21. The molecule has 21 heavy (non-hydrogen) atoms. The molecule has 6 nitrogen and oxygen atoms in total. The lowest BCUT2D eigenvalue weighted by Crippen LogP contribution is -2.45. The van der Waals surface area contributed by atoms with Crippen molar-refractivity contribution in [2.24, 2.45) is 7.05 Å². The quantitative estimate of drug-likeness (QED) is 0.799. The van der Waals surface area contributed by atoms with E-state index in [2.05, 4.69) is 10.2 Å². The molecular formula is C15H23N3O3. The molecule has 1 aromatic rings. The molecule has 0 radical (unpaired) electrons. The molecule has 1 saturated heterocycles. The zero-order valence-electron chi connectivity index (χ0n) is 12.4. The Kier molecular flexibility index (Phi) is 5.52. The Balaban J connectivity index is 1.83. The molecule has 0 saturated carbocycles. The minimum Gasteiger partial charge on any atom is -0.395 e. The Labute approximate surface area is 124 Å². The van der Waals surface area contributed by atoms with E-state index in [9.17, 15) is 14.7 Å². The van der Waals surface area contributed by atoms with E-state index in [1.54, 1.807) is 19.3 Å². The number of piperidine rings is 1. The molecule has 1 atom stereocenters. The molecule has 1 aliphatic heterocycles. The number of nitrogens with one attached hydrogen (secondary N) is 1. The van der Waals surface area contributed by atoms with Gasteiger partial charge < -0.3 is 15.0 Å². The maximum absolute atomic E-state index is 12.0. The highest BCUT2D eigenvalue weighted by Crippen LogP contribution is 2.15. The number of rotatable bonds is 5. The van der Waals surface area contributed by atoms with Gasteiger partial charge in [-0.05, 0) is 25.5 Å². The van der Waals surface area contributed by atoms with Gasteiger partial charge in [-0.15, -0.1) is 0 Å². The Bertz CT molecular complexity index is 541. The van der Waals surface area contributed by atoms with Gasteiger partial charge in [-0.25, -0.2) is 0 Å². The Hall–Kier alpha value is -1.66. The molecular weight excluding hydrogens is 270 g/mol. The molecule has 0 aliphatic carbocycles. The molecule has 2 rings (SSSR count). The topological polar surface area (TPSA) is 74.6 Å². The highest BCUT2D eigenvalue weighted by atomic mass is 16.3. The van der Waals surface area contributed by atoms with Crippen LogP contribution in [0.15, 0.2) is 23.1 Å². The van der Waals surface area contributed by atoms with Crippen LogP contribution in [0.5, 0.6) is 0 Å². The van der Waals surface area contributed by atoms with Crippen molar-refractivity contribution < 1.29 is 9.90 Å². The molecule has 1 aliphatic rings. The van der Waals surface area contributed by atoms with E-state index in [0.717, 1.165) is 32.4 Å². The summed E-state index contributed by atoms with van der Waals surface area (Å²) in [4.78, 5) is 25.7. The summed E-state index contributed by atoms with van der Waals surface area (Å²) >= 11 is 0. The van der Waals surface area contributed by atoms with Crippen LogP contribution in [0.2, 0.25) is 0 Å². The number of pyridine rings is 1. The first kappa shape index (κ1) is 15.7. The predicted octanol–water partition coefficient (Wildman–Crippen LogP) is -0.0381. The third kappa shape index (κ3) is 4.15. The standard InChI is InChI=1S/C15H23N3O3/c1-17-8-5-12(10-14(17)20)15(21)16-6-9-18-7-3-2-4-13(18)11-19/h5,8,10,13,19H,2-4,6-7,9,11H2,1H3,(H,16,21). The zero-order chi connectivity index (χ0) is 15.2. The molecule has 0 spiro atoms. The van der Waals surface area contributed by atoms with E-state index in [-0.39, 0.29) is 24.1 Å². The van der Waals surface area contributed by atoms with Crippen LogP contribution in [0.1, 0.15) is 29.6 Å². The first-order valence-electron chi connectivity index (χ1n) is 7.41. The average Bonchev–Trinajstić information content (AvgIpc) is 2.50. The number of aliphatic hydroxyl groups excluding tert-OH is 1. The largest absolute Gasteiger partial charge is 0.395 e. The number of likely N-dealkylation sites (tertiary alicyclic amines) is 1. The molecule has 1 amide bonds. The van der Waals surface area contributed by atoms with Crippen molar-refractivity contribution in [2.75, 3.05) is 26.2 Å². The second-order valence-electron chi connectivity index (χ2n) is 5.49. The molecule has 0 aromatic carbocycles. The molecule has 116 valence electrons. The van der Waals surface area contributed by atoms with E-state index < -0.39 is 0 Å². The third-order valence-electron chi connectivity index (χ3n) is 4.01. The van der Waals surface area contributed by atoms with Gasteiger partial charge in [-0.1, -0.05) is 6.42 Å². The van der Waals surface area contributed by atoms with Gasteiger partial charge in [-0.3, -0.25) is 14.5 Å². The summed E-state index contributed by atoms with van der Waals surface area (Å²) in [5.41, 5.74) is 0.189. The second-order valence-corrected chi connectivity index (χ2v) is 5.49. The summed E-state index contributed by atoms with van der Waals surface area (Å²) in [6.45, 7) is 2.38. The van der Waals surface area contributed by atoms with Crippen LogP contribution in [0.4, 0.5) is 0 Å². The summed E-state index contributed by atoms with van der Waals surface area (Å²) in [6.07, 6.45) is 4.89. The van der Waals surface area contributed by atoms with Crippen LogP contribution in [0.25, 0.3) is 0 Å². The third-order valence-corrected chi connectivity index (χ3v) is 4.01. The highest BCUT2D eigenvalue weighted by molar-refractivity contribution is 5.93. The number of aliphatic hydroxyl groups is 1. The summed E-state index contributed by atoms with van der Waals surface area (Å²) < 4.78 is 1.43. The minimum absolute atomic E-state index is 0.169. The molecule has 0 bridgehead atoms. The number of aryl methyl sites for hydroxylation is 1. The van der Waals surface area contributed by atoms with Crippen molar-refractivity contribution >= 4 is 5.91 Å². The summed E-state index contributed by atoms with van der Waals surface area (Å²) in [5, 5.41) is 12.2. The molecule has 1 unspecified atom stereocenters. The van der Waals surface area contributed by atoms with Crippen molar-refractivity contribution in [1.29, 1.82) is 0 Å². The number of hydrogen-bond donors (Lipinski definition) is 2. The van der Waals surface area contributed by atoms with Crippen LogP contribution >= 0.6 is 0 Å². The van der Waals surface area contributed by atoms with Gasteiger partial charge in [0.05, 0.1) is 6.61 Å². The fourth-order valence-corrected chi connectivity index (χ4v) is 2.67. The van der Waals surface area contributed by atoms with Crippen LogP contribution in [0.3, 0.4) is 0 Å². The zero-order valence-corrected chi connectivity index (χ0v) is 12.4. The molecule has 2 N–H and O–H groups in total. The van der Waals surface area contributed by atoms with Gasteiger partial charge in [0.25, 0.3) is 11.5 Å². The summed E-state index contributed by atoms with van der Waals surface area (Å²) in [7, 11) is 1.65. The lowest BCUT2D eigenvalue weighted by molar-refractivity contribution is 0.0849. The van der Waals surface area contributed by atoms with E-state index in [1.807, 2.05) is 0 Å². The number of nitrogens with zero attached hydrogens (tertiary/aromatic N) is 2. The first-order valence-corrected chi connectivity index (χ1v) is 7.41. The lowest BCUT2D eigenvalue weighted by Gasteiger charge is -2.34. The van der Waals surface area contributed by atoms with Crippen LogP contribution in [-0.4, -0.2) is 52.8 Å². The van der Waals surface area contributed by atoms with Gasteiger partial charge >= 0.3 is 0 Å². The monoisotopic (exact) mass is 293 g/mol. The van der Waals surface area contributed by atoms with E-state index in [1.165, 1.54) is 10.6 Å². The Morgan fingerprint density at radius 2 is 2.29 bits per heavy atom. The van der Waals surface area contributed by atoms with Gasteiger partial charge in [0.15, 0.2) is 0 Å². The number of carbonyl (C=O) groups excluding carboxylic acids is 1. The lowest BCUT2D eigenvalue weighted by atomic mass is 10.0. The molecule has 2 heterocycles. The second kappa shape index (κ2) is 7.38. The van der Waals surface area contributed by atoms with E-state index >= 15 is 0 Å². The number of aromatic nitrogens is 1. The molecule has 1 aromatic heterocycles. The van der Waals surface area contributed by atoms with Crippen LogP contribution in [0, 0.1) is 0 Å². The van der Waals surface area contributed by atoms with E-state index in [0.29, 0.717) is 12.1 Å². The van der Waals surface area contributed by atoms with Crippen molar-refractivity contribution in [3.63, 3.8) is 0 Å². The maximum atomic E-state index is 12.0. The normalized spacial score (nSPS) is 19.4. The SMILES string of the molecule is Cn1ccc(C(=O)NCCN2CCCCC2CO)cc1=O. The van der Waals surface area contributed by atoms with Gasteiger partial charge in [0.1, 0.15) is 0 Å². The van der Waals surface area contributed by atoms with E-state index in [4.69, 9.17) is 0 Å². The fraction of sp³-hybridized carbons (Fsp3) is 0.600. The minimum atomic E-state index is -0.231.